The van der Waals surface area contributed by atoms with Gasteiger partial charge in [-0.3, -0.25) is 9.59 Å². The van der Waals surface area contributed by atoms with Crippen LogP contribution in [0.5, 0.6) is 0 Å². The largest absolute Gasteiger partial charge is 0.345 e. The molecule has 1 fully saturated rings. The average Bonchev–Trinajstić information content (AvgIpc) is 2.24. The highest BCUT2D eigenvalue weighted by molar-refractivity contribution is 5.94. The summed E-state index contributed by atoms with van der Waals surface area (Å²) in [5.41, 5.74) is 0. The van der Waals surface area contributed by atoms with Crippen molar-refractivity contribution in [3.8, 4) is 0 Å². The lowest BCUT2D eigenvalue weighted by molar-refractivity contribution is -0.148. The maximum absolute atomic E-state index is 11.9. The molecular formula is C12H22N2O2. The maximum Gasteiger partial charge on any atom is 0.243 e. The van der Waals surface area contributed by atoms with Crippen molar-refractivity contribution in [1.82, 2.24) is 10.2 Å². The van der Waals surface area contributed by atoms with Gasteiger partial charge >= 0.3 is 0 Å². The lowest BCUT2D eigenvalue weighted by Gasteiger charge is -2.39. The molecule has 4 heteroatoms. The van der Waals surface area contributed by atoms with Gasteiger partial charge in [-0.05, 0) is 19.8 Å². The first-order chi connectivity index (χ1) is 7.61. The Bertz CT molecular complexity index is 266. The Labute approximate surface area is 97.4 Å². The van der Waals surface area contributed by atoms with Gasteiger partial charge in [-0.2, -0.15) is 0 Å². The van der Waals surface area contributed by atoms with Crippen molar-refractivity contribution in [2.24, 2.45) is 0 Å². The minimum atomic E-state index is -0.257. The van der Waals surface area contributed by atoms with Gasteiger partial charge in [0.15, 0.2) is 0 Å². The Hall–Kier alpha value is -1.06. The van der Waals surface area contributed by atoms with Gasteiger partial charge in [0, 0.05) is 6.04 Å². The fraction of sp³-hybridized carbons (Fsp3) is 0.833. The van der Waals surface area contributed by atoms with Gasteiger partial charge in [0.05, 0.1) is 6.54 Å². The van der Waals surface area contributed by atoms with E-state index in [1.54, 1.807) is 4.90 Å². The Kier molecular flexibility index (Phi) is 4.77. The number of carbonyl (C=O) groups excluding carboxylic acids is 2. The summed E-state index contributed by atoms with van der Waals surface area (Å²) in [4.78, 5) is 25.4. The fourth-order valence-corrected chi connectivity index (χ4v) is 2.33. The summed E-state index contributed by atoms with van der Waals surface area (Å²) in [5.74, 6) is 0.0587. The number of carbonyl (C=O) groups is 2. The molecule has 0 bridgehead atoms. The van der Waals surface area contributed by atoms with Gasteiger partial charge in [-0.1, -0.05) is 26.7 Å². The first-order valence-electron chi connectivity index (χ1n) is 6.20. The number of nitrogens with one attached hydrogen (secondary N) is 1. The second-order valence-corrected chi connectivity index (χ2v) is 4.46. The zero-order valence-electron chi connectivity index (χ0n) is 10.5. The van der Waals surface area contributed by atoms with Crippen molar-refractivity contribution in [2.45, 2.75) is 58.5 Å². The number of piperazine rings is 1. The van der Waals surface area contributed by atoms with Crippen LogP contribution in [0.4, 0.5) is 0 Å². The van der Waals surface area contributed by atoms with Crippen LogP contribution in [0, 0.1) is 0 Å². The molecule has 0 spiro atoms. The first kappa shape index (κ1) is 13.0. The molecule has 1 heterocycles. The standard InChI is InChI=1S/C12H22N2O2/c1-4-6-9(3)14-10(7-5-2)12(16)13-8-11(14)15/h9-10H,4-8H2,1-3H3,(H,13,16). The predicted octanol–water partition coefficient (Wildman–Crippen LogP) is 1.30. The van der Waals surface area contributed by atoms with E-state index in [0.29, 0.717) is 0 Å². The van der Waals surface area contributed by atoms with E-state index < -0.39 is 0 Å². The molecule has 1 saturated heterocycles. The van der Waals surface area contributed by atoms with E-state index in [4.69, 9.17) is 0 Å². The molecule has 4 nitrogen and oxygen atoms in total. The molecule has 1 aliphatic heterocycles. The van der Waals surface area contributed by atoms with Crippen molar-refractivity contribution in [1.29, 1.82) is 0 Å². The summed E-state index contributed by atoms with van der Waals surface area (Å²) in [5, 5.41) is 2.66. The Morgan fingerprint density at radius 3 is 2.62 bits per heavy atom. The van der Waals surface area contributed by atoms with Crippen LogP contribution >= 0.6 is 0 Å². The molecule has 92 valence electrons. The molecule has 1 rings (SSSR count). The van der Waals surface area contributed by atoms with E-state index in [9.17, 15) is 9.59 Å². The van der Waals surface area contributed by atoms with Gasteiger partial charge in [-0.25, -0.2) is 0 Å². The third-order valence-electron chi connectivity index (χ3n) is 3.08. The highest BCUT2D eigenvalue weighted by atomic mass is 16.2. The lowest BCUT2D eigenvalue weighted by atomic mass is 10.0. The van der Waals surface area contributed by atoms with E-state index in [2.05, 4.69) is 12.2 Å². The summed E-state index contributed by atoms with van der Waals surface area (Å²) < 4.78 is 0. The van der Waals surface area contributed by atoms with Crippen LogP contribution in [0.2, 0.25) is 0 Å². The van der Waals surface area contributed by atoms with Crippen molar-refractivity contribution in [2.75, 3.05) is 6.54 Å². The summed E-state index contributed by atoms with van der Waals surface area (Å²) >= 11 is 0. The van der Waals surface area contributed by atoms with Gasteiger partial charge in [0.2, 0.25) is 11.8 Å². The van der Waals surface area contributed by atoms with E-state index in [-0.39, 0.29) is 30.4 Å². The minimum Gasteiger partial charge on any atom is -0.345 e. The van der Waals surface area contributed by atoms with Crippen LogP contribution in [0.25, 0.3) is 0 Å². The van der Waals surface area contributed by atoms with E-state index in [1.165, 1.54) is 0 Å². The molecule has 16 heavy (non-hydrogen) atoms. The van der Waals surface area contributed by atoms with Crippen LogP contribution in [0.3, 0.4) is 0 Å². The Balaban J connectivity index is 2.79. The van der Waals surface area contributed by atoms with Gasteiger partial charge in [0.1, 0.15) is 6.04 Å². The zero-order chi connectivity index (χ0) is 12.1. The summed E-state index contributed by atoms with van der Waals surface area (Å²) in [6.45, 7) is 6.32. The molecule has 0 aromatic rings. The second kappa shape index (κ2) is 5.87. The Morgan fingerprint density at radius 2 is 2.06 bits per heavy atom. The average molecular weight is 226 g/mol. The lowest BCUT2D eigenvalue weighted by Crippen LogP contribution is -2.60. The molecule has 2 unspecified atom stereocenters. The molecule has 1 N–H and O–H groups in total. The summed E-state index contributed by atoms with van der Waals surface area (Å²) in [7, 11) is 0. The molecule has 1 aliphatic rings. The number of rotatable bonds is 5. The summed E-state index contributed by atoms with van der Waals surface area (Å²) in [6, 6.07) is -0.0899. The number of hydrogen-bond donors (Lipinski definition) is 1. The minimum absolute atomic E-state index is 0.00408. The van der Waals surface area contributed by atoms with Gasteiger partial charge < -0.3 is 10.2 Å². The maximum atomic E-state index is 11.9. The van der Waals surface area contributed by atoms with Crippen LogP contribution < -0.4 is 5.32 Å². The van der Waals surface area contributed by atoms with Gasteiger partial charge in [-0.15, -0.1) is 0 Å². The van der Waals surface area contributed by atoms with E-state index >= 15 is 0 Å². The smallest absolute Gasteiger partial charge is 0.243 e. The molecular weight excluding hydrogens is 204 g/mol. The van der Waals surface area contributed by atoms with Crippen molar-refractivity contribution < 1.29 is 9.59 Å². The van der Waals surface area contributed by atoms with Crippen molar-refractivity contribution in [3.63, 3.8) is 0 Å². The molecule has 0 saturated carbocycles. The highest BCUT2D eigenvalue weighted by Crippen LogP contribution is 2.17. The third kappa shape index (κ3) is 2.74. The first-order valence-corrected chi connectivity index (χ1v) is 6.20. The highest BCUT2D eigenvalue weighted by Gasteiger charge is 2.35. The van der Waals surface area contributed by atoms with Crippen LogP contribution in [0.1, 0.15) is 46.5 Å². The number of hydrogen-bond acceptors (Lipinski definition) is 2. The second-order valence-electron chi connectivity index (χ2n) is 4.46. The number of nitrogens with zero attached hydrogens (tertiary/aromatic N) is 1. The molecule has 0 aromatic carbocycles. The van der Waals surface area contributed by atoms with Crippen LogP contribution in [-0.2, 0) is 9.59 Å². The fourth-order valence-electron chi connectivity index (χ4n) is 2.33. The summed E-state index contributed by atoms with van der Waals surface area (Å²) in [6.07, 6.45) is 3.66. The SMILES string of the molecule is CCCC(C)N1C(=O)CNC(=O)C1CCC. The topological polar surface area (TPSA) is 49.4 Å². The Morgan fingerprint density at radius 1 is 1.38 bits per heavy atom. The monoisotopic (exact) mass is 226 g/mol. The molecule has 2 amide bonds. The van der Waals surface area contributed by atoms with Crippen LogP contribution in [-0.4, -0.2) is 35.3 Å². The van der Waals surface area contributed by atoms with Crippen molar-refractivity contribution in [3.05, 3.63) is 0 Å². The number of amides is 2. The molecule has 0 aromatic heterocycles. The molecule has 2 atom stereocenters. The van der Waals surface area contributed by atoms with Crippen molar-refractivity contribution >= 4 is 11.8 Å². The van der Waals surface area contributed by atoms with Crippen LogP contribution in [0.15, 0.2) is 0 Å². The van der Waals surface area contributed by atoms with E-state index in [0.717, 1.165) is 25.7 Å². The zero-order valence-corrected chi connectivity index (χ0v) is 10.5. The molecule has 0 aliphatic carbocycles. The molecule has 0 radical (unpaired) electrons. The quantitative estimate of drug-likeness (QED) is 0.768. The normalized spacial score (nSPS) is 23.2. The van der Waals surface area contributed by atoms with Gasteiger partial charge in [0.25, 0.3) is 0 Å². The third-order valence-corrected chi connectivity index (χ3v) is 3.08. The predicted molar refractivity (Wildman–Crippen MR) is 62.9 cm³/mol. The van der Waals surface area contributed by atoms with E-state index in [1.807, 2.05) is 13.8 Å².